The fourth-order valence-corrected chi connectivity index (χ4v) is 6.29. The van der Waals surface area contributed by atoms with Crippen molar-refractivity contribution in [3.8, 4) is 0 Å². The van der Waals surface area contributed by atoms with Gasteiger partial charge in [0.25, 0.3) is 11.8 Å². The first-order valence-electron chi connectivity index (χ1n) is 16.4. The summed E-state index contributed by atoms with van der Waals surface area (Å²) in [4.78, 5) is 56.8. The molecule has 1 saturated heterocycles. The number of hydrogen-bond donors (Lipinski definition) is 1. The molecule has 9 nitrogen and oxygen atoms in total. The molecule has 0 atom stereocenters. The number of nitrogens with zero attached hydrogens (tertiary/aromatic N) is 4. The molecule has 0 radical (unpaired) electrons. The standard InChI is InChI=1S/C35H37ClN4O3.C2HF3O2/c36-31-15-13-29(14-16-31)35(43)39-24-30-12-7-26(6-5-19-37-17-1-2-18-37)22-32(30)40(33(41)25-39)23-27-8-10-28(11-9-27)34(42)38-20-3-4-21-38;3-2(4,5)1(6)7/h3-4,7-16,22H,1-2,5-6,17-21,23-25H2;(H,6,7). The maximum Gasteiger partial charge on any atom is 0.490 e. The van der Waals surface area contributed by atoms with Gasteiger partial charge in [0.2, 0.25) is 5.91 Å². The van der Waals surface area contributed by atoms with Crippen molar-refractivity contribution in [3.05, 3.63) is 112 Å². The Balaban J connectivity index is 0.000000630. The minimum absolute atomic E-state index is 0.00247. The van der Waals surface area contributed by atoms with Crippen molar-refractivity contribution in [1.29, 1.82) is 0 Å². The Kier molecular flexibility index (Phi) is 12.0. The fraction of sp³-hybridized carbons (Fsp3) is 0.351. The average molecular weight is 711 g/mol. The number of aliphatic carboxylic acids is 1. The van der Waals surface area contributed by atoms with Crippen molar-refractivity contribution in [2.24, 2.45) is 0 Å². The highest BCUT2D eigenvalue weighted by Crippen LogP contribution is 2.30. The molecule has 3 aromatic rings. The van der Waals surface area contributed by atoms with Gasteiger partial charge in [0.05, 0.1) is 6.54 Å². The molecule has 0 saturated carbocycles. The fourth-order valence-electron chi connectivity index (χ4n) is 6.16. The van der Waals surface area contributed by atoms with Crippen LogP contribution in [-0.2, 0) is 29.1 Å². The molecule has 6 rings (SSSR count). The van der Waals surface area contributed by atoms with Crippen molar-refractivity contribution >= 4 is 41.0 Å². The van der Waals surface area contributed by atoms with Gasteiger partial charge < -0.3 is 24.7 Å². The molecule has 3 amide bonds. The third-order valence-corrected chi connectivity index (χ3v) is 9.09. The Morgan fingerprint density at radius 1 is 0.780 bits per heavy atom. The number of anilines is 1. The highest BCUT2D eigenvalue weighted by atomic mass is 35.5. The van der Waals surface area contributed by atoms with E-state index in [4.69, 9.17) is 21.5 Å². The second kappa shape index (κ2) is 16.4. The van der Waals surface area contributed by atoms with Crippen molar-refractivity contribution in [3.63, 3.8) is 0 Å². The quantitative estimate of drug-likeness (QED) is 0.280. The summed E-state index contributed by atoms with van der Waals surface area (Å²) in [5.41, 5.74) is 5.03. The van der Waals surface area contributed by atoms with E-state index in [1.54, 1.807) is 39.0 Å². The van der Waals surface area contributed by atoms with Crippen LogP contribution in [0.3, 0.4) is 0 Å². The van der Waals surface area contributed by atoms with E-state index >= 15 is 0 Å². The van der Waals surface area contributed by atoms with Crippen LogP contribution in [0.5, 0.6) is 0 Å². The maximum atomic E-state index is 13.9. The predicted octanol–water partition coefficient (Wildman–Crippen LogP) is 6.20. The van der Waals surface area contributed by atoms with Crippen LogP contribution < -0.4 is 4.90 Å². The van der Waals surface area contributed by atoms with Gasteiger partial charge in [-0.2, -0.15) is 13.2 Å². The molecule has 1 N–H and O–H groups in total. The number of carbonyl (C=O) groups excluding carboxylic acids is 3. The molecule has 3 heterocycles. The molecule has 3 aromatic carbocycles. The number of carboxylic acids is 1. The second-order valence-electron chi connectivity index (χ2n) is 12.4. The van der Waals surface area contributed by atoms with E-state index in [0.29, 0.717) is 42.3 Å². The van der Waals surface area contributed by atoms with E-state index in [2.05, 4.69) is 23.1 Å². The van der Waals surface area contributed by atoms with E-state index in [1.807, 2.05) is 36.4 Å². The van der Waals surface area contributed by atoms with Crippen LogP contribution in [0.1, 0.15) is 56.7 Å². The van der Waals surface area contributed by atoms with Gasteiger partial charge in [0.1, 0.15) is 6.54 Å². The zero-order valence-corrected chi connectivity index (χ0v) is 28.1. The Labute approximate surface area is 293 Å². The van der Waals surface area contributed by atoms with Gasteiger partial charge in [0, 0.05) is 41.5 Å². The summed E-state index contributed by atoms with van der Waals surface area (Å²) < 4.78 is 31.7. The van der Waals surface area contributed by atoms with Crippen LogP contribution in [0.25, 0.3) is 0 Å². The molecule has 0 unspecified atom stereocenters. The van der Waals surface area contributed by atoms with Crippen LogP contribution >= 0.6 is 11.6 Å². The summed E-state index contributed by atoms with van der Waals surface area (Å²) >= 11 is 6.05. The van der Waals surface area contributed by atoms with Crippen molar-refractivity contribution < 1.29 is 37.5 Å². The average Bonchev–Trinajstić information content (AvgIpc) is 3.81. The van der Waals surface area contributed by atoms with Gasteiger partial charge in [0.15, 0.2) is 0 Å². The van der Waals surface area contributed by atoms with Crippen LogP contribution in [0.2, 0.25) is 5.02 Å². The summed E-state index contributed by atoms with van der Waals surface area (Å²) in [6.07, 6.45) is 3.47. The van der Waals surface area contributed by atoms with Crippen LogP contribution in [0.15, 0.2) is 78.9 Å². The molecule has 264 valence electrons. The number of carboxylic acid groups (broad SMARTS) is 1. The monoisotopic (exact) mass is 710 g/mol. The highest BCUT2D eigenvalue weighted by Gasteiger charge is 2.38. The Hall–Kier alpha value is -4.68. The third kappa shape index (κ3) is 9.51. The molecule has 0 bridgehead atoms. The number of alkyl halides is 3. The van der Waals surface area contributed by atoms with Crippen LogP contribution in [0.4, 0.5) is 18.9 Å². The minimum atomic E-state index is -5.08. The van der Waals surface area contributed by atoms with Gasteiger partial charge in [-0.3, -0.25) is 14.4 Å². The zero-order valence-electron chi connectivity index (χ0n) is 27.4. The lowest BCUT2D eigenvalue weighted by Gasteiger charge is -2.24. The number of amides is 3. The molecule has 0 aliphatic carbocycles. The number of carbonyl (C=O) groups is 4. The van der Waals surface area contributed by atoms with Crippen LogP contribution in [0, 0.1) is 0 Å². The molecule has 1 fully saturated rings. The van der Waals surface area contributed by atoms with E-state index < -0.39 is 12.1 Å². The predicted molar refractivity (Wildman–Crippen MR) is 183 cm³/mol. The number of rotatable bonds is 8. The first-order valence-corrected chi connectivity index (χ1v) is 16.8. The highest BCUT2D eigenvalue weighted by molar-refractivity contribution is 6.30. The molecule has 13 heteroatoms. The summed E-state index contributed by atoms with van der Waals surface area (Å²) in [5.74, 6) is -3.10. The Morgan fingerprint density at radius 3 is 1.94 bits per heavy atom. The first-order chi connectivity index (χ1) is 23.9. The van der Waals surface area contributed by atoms with Crippen molar-refractivity contribution in [2.75, 3.05) is 44.2 Å². The molecular formula is C37H38ClF3N4O5. The van der Waals surface area contributed by atoms with E-state index in [1.165, 1.54) is 31.5 Å². The lowest BCUT2D eigenvalue weighted by Crippen LogP contribution is -2.39. The molecule has 3 aliphatic heterocycles. The third-order valence-electron chi connectivity index (χ3n) is 8.84. The summed E-state index contributed by atoms with van der Waals surface area (Å²) in [6, 6.07) is 20.6. The Morgan fingerprint density at radius 2 is 1.34 bits per heavy atom. The number of aryl methyl sites for hydroxylation is 1. The Bertz CT molecular complexity index is 1720. The smallest absolute Gasteiger partial charge is 0.475 e. The molecule has 3 aliphatic rings. The van der Waals surface area contributed by atoms with Gasteiger partial charge >= 0.3 is 12.1 Å². The van der Waals surface area contributed by atoms with Crippen LogP contribution in [-0.4, -0.2) is 88.9 Å². The lowest BCUT2D eigenvalue weighted by molar-refractivity contribution is -0.192. The van der Waals surface area contributed by atoms with Gasteiger partial charge in [-0.1, -0.05) is 48.0 Å². The summed E-state index contributed by atoms with van der Waals surface area (Å²) in [6.45, 7) is 5.37. The SMILES string of the molecule is O=C(O)C(F)(F)F.O=C(c1ccc(CN2C(=O)CN(C(=O)c3ccc(Cl)cc3)Cc3ccc(CCCN4CCCC4)cc32)cc1)N1CC=CC1. The molecule has 0 spiro atoms. The minimum Gasteiger partial charge on any atom is -0.475 e. The number of fused-ring (bicyclic) bond motifs is 1. The first kappa shape index (κ1) is 36.6. The number of benzene rings is 3. The van der Waals surface area contributed by atoms with Gasteiger partial charge in [-0.05, 0) is 104 Å². The normalized spacial score (nSPS) is 16.2. The molecular weight excluding hydrogens is 673 g/mol. The van der Waals surface area contributed by atoms with Gasteiger partial charge in [-0.15, -0.1) is 0 Å². The van der Waals surface area contributed by atoms with Crippen molar-refractivity contribution in [2.45, 2.75) is 44.9 Å². The van der Waals surface area contributed by atoms with E-state index in [-0.39, 0.29) is 24.3 Å². The largest absolute Gasteiger partial charge is 0.490 e. The van der Waals surface area contributed by atoms with Gasteiger partial charge in [-0.25, -0.2) is 4.79 Å². The number of hydrogen-bond acceptors (Lipinski definition) is 5. The molecule has 0 aromatic heterocycles. The molecule has 50 heavy (non-hydrogen) atoms. The number of halogens is 4. The van der Waals surface area contributed by atoms with Crippen molar-refractivity contribution in [1.82, 2.24) is 14.7 Å². The summed E-state index contributed by atoms with van der Waals surface area (Å²) in [7, 11) is 0. The van der Waals surface area contributed by atoms with E-state index in [9.17, 15) is 27.6 Å². The zero-order chi connectivity index (χ0) is 35.8. The maximum absolute atomic E-state index is 13.9. The topological polar surface area (TPSA) is 101 Å². The summed E-state index contributed by atoms with van der Waals surface area (Å²) in [5, 5.41) is 7.68. The number of likely N-dealkylation sites (tertiary alicyclic amines) is 1. The van der Waals surface area contributed by atoms with E-state index in [0.717, 1.165) is 36.2 Å². The second-order valence-corrected chi connectivity index (χ2v) is 12.9. The lowest BCUT2D eigenvalue weighted by atomic mass is 10.0.